The molecule has 142 valence electrons. The minimum atomic E-state index is -3.46. The van der Waals surface area contributed by atoms with E-state index in [1.165, 1.54) is 25.7 Å². The number of rotatable bonds is 8. The van der Waals surface area contributed by atoms with Gasteiger partial charge in [-0.05, 0) is 37.8 Å². The van der Waals surface area contributed by atoms with Crippen molar-refractivity contribution in [2.24, 2.45) is 5.92 Å². The van der Waals surface area contributed by atoms with E-state index in [2.05, 4.69) is 13.8 Å². The molecule has 25 heavy (non-hydrogen) atoms. The molecule has 0 radical (unpaired) electrons. The summed E-state index contributed by atoms with van der Waals surface area (Å²) in [5, 5.41) is 0.0603. The number of halogens is 1. The Morgan fingerprint density at radius 1 is 1.12 bits per heavy atom. The van der Waals surface area contributed by atoms with Crippen LogP contribution < -0.4 is 0 Å². The number of piperidine rings is 1. The number of alkyl halides is 1. The van der Waals surface area contributed by atoms with Crippen LogP contribution in [0.15, 0.2) is 29.2 Å². The van der Waals surface area contributed by atoms with E-state index in [0.717, 1.165) is 24.8 Å². The summed E-state index contributed by atoms with van der Waals surface area (Å²) in [4.78, 5) is 0.398. The first-order valence-electron chi connectivity index (χ1n) is 9.60. The van der Waals surface area contributed by atoms with Crippen LogP contribution in [0, 0.1) is 12.8 Å². The molecule has 1 aliphatic rings. The van der Waals surface area contributed by atoms with Gasteiger partial charge in [-0.25, -0.2) is 8.42 Å². The lowest BCUT2D eigenvalue weighted by Gasteiger charge is -2.41. The molecule has 1 saturated heterocycles. The molecule has 0 unspecified atom stereocenters. The highest BCUT2D eigenvalue weighted by molar-refractivity contribution is 7.89. The molecule has 3 atom stereocenters. The second kappa shape index (κ2) is 9.38. The summed E-state index contributed by atoms with van der Waals surface area (Å²) in [7, 11) is -3.46. The van der Waals surface area contributed by atoms with Crippen molar-refractivity contribution in [1.29, 1.82) is 0 Å². The number of hydrogen-bond acceptors (Lipinski definition) is 2. The maximum Gasteiger partial charge on any atom is 0.243 e. The molecule has 1 aromatic carbocycles. The average molecular weight is 386 g/mol. The van der Waals surface area contributed by atoms with Crippen LogP contribution in [0.2, 0.25) is 0 Å². The van der Waals surface area contributed by atoms with Crippen LogP contribution in [0.5, 0.6) is 0 Å². The van der Waals surface area contributed by atoms with Crippen molar-refractivity contribution in [2.75, 3.05) is 6.54 Å². The third kappa shape index (κ3) is 5.21. The van der Waals surface area contributed by atoms with Gasteiger partial charge >= 0.3 is 0 Å². The van der Waals surface area contributed by atoms with Crippen molar-refractivity contribution in [3.8, 4) is 0 Å². The maximum atomic E-state index is 13.2. The lowest BCUT2D eigenvalue weighted by molar-refractivity contribution is 0.177. The molecule has 0 bridgehead atoms. The molecule has 5 heteroatoms. The zero-order valence-corrected chi connectivity index (χ0v) is 17.3. The Morgan fingerprint density at radius 3 is 2.40 bits per heavy atom. The fourth-order valence-corrected chi connectivity index (χ4v) is 5.71. The Kier molecular flexibility index (Phi) is 7.78. The van der Waals surface area contributed by atoms with E-state index in [-0.39, 0.29) is 17.3 Å². The van der Waals surface area contributed by atoms with Crippen molar-refractivity contribution >= 4 is 21.6 Å². The summed E-state index contributed by atoms with van der Waals surface area (Å²) in [5.41, 5.74) is 1.07. The highest BCUT2D eigenvalue weighted by Gasteiger charge is 2.40. The second-order valence-corrected chi connectivity index (χ2v) is 9.81. The van der Waals surface area contributed by atoms with Crippen molar-refractivity contribution in [3.63, 3.8) is 0 Å². The van der Waals surface area contributed by atoms with Crippen LogP contribution in [0.25, 0.3) is 0 Å². The molecule has 3 nitrogen and oxygen atoms in total. The summed E-state index contributed by atoms with van der Waals surface area (Å²) < 4.78 is 28.1. The zero-order valence-electron chi connectivity index (χ0n) is 15.7. The molecule has 0 amide bonds. The minimum absolute atomic E-state index is 0.00387. The fourth-order valence-electron chi connectivity index (χ4n) is 3.69. The van der Waals surface area contributed by atoms with E-state index in [1.807, 2.05) is 19.1 Å². The molecule has 1 aromatic rings. The molecular weight excluding hydrogens is 354 g/mol. The Bertz CT molecular complexity index is 630. The van der Waals surface area contributed by atoms with Gasteiger partial charge in [-0.1, -0.05) is 63.6 Å². The van der Waals surface area contributed by atoms with Gasteiger partial charge in [0.25, 0.3) is 0 Å². The van der Waals surface area contributed by atoms with Crippen LogP contribution in [0.1, 0.15) is 64.4 Å². The Morgan fingerprint density at radius 2 is 1.76 bits per heavy atom. The molecule has 1 aliphatic heterocycles. The lowest BCUT2D eigenvalue weighted by atomic mass is 9.88. The van der Waals surface area contributed by atoms with Gasteiger partial charge in [-0.3, -0.25) is 0 Å². The first kappa shape index (κ1) is 20.7. The number of hydrogen-bond donors (Lipinski definition) is 0. The van der Waals surface area contributed by atoms with E-state index in [0.29, 0.717) is 11.4 Å². The van der Waals surface area contributed by atoms with Crippen molar-refractivity contribution in [1.82, 2.24) is 4.31 Å². The summed E-state index contributed by atoms with van der Waals surface area (Å²) in [5.74, 6) is 0.182. The molecule has 1 fully saturated rings. The zero-order chi connectivity index (χ0) is 18.4. The fraction of sp³-hybridized carbons (Fsp3) is 0.700. The third-order valence-corrected chi connectivity index (χ3v) is 7.96. The van der Waals surface area contributed by atoms with Crippen LogP contribution >= 0.6 is 11.6 Å². The SMILES string of the molecule is CCCCCCC[C@H]1[C@H](C)[C@H](Cl)CCN1S(=O)(=O)c1ccc(C)cc1. The number of nitrogens with zero attached hydrogens (tertiary/aromatic N) is 1. The summed E-state index contributed by atoms with van der Waals surface area (Å²) in [6.07, 6.45) is 7.56. The molecule has 0 aliphatic carbocycles. The topological polar surface area (TPSA) is 37.4 Å². The molecule has 0 aromatic heterocycles. The minimum Gasteiger partial charge on any atom is -0.207 e. The standard InChI is InChI=1S/C20H32ClNO2S/c1-4-5-6-7-8-9-20-17(3)19(21)14-15-22(20)25(23,24)18-12-10-16(2)11-13-18/h10-13,17,19-20H,4-9,14-15H2,1-3H3/t17-,19-,20+/m1/s1. The smallest absolute Gasteiger partial charge is 0.207 e. The maximum absolute atomic E-state index is 13.2. The highest BCUT2D eigenvalue weighted by Crippen LogP contribution is 2.34. The van der Waals surface area contributed by atoms with Crippen molar-refractivity contribution in [3.05, 3.63) is 29.8 Å². The number of aryl methyl sites for hydroxylation is 1. The van der Waals surface area contributed by atoms with Crippen LogP contribution in [0.4, 0.5) is 0 Å². The monoisotopic (exact) mass is 385 g/mol. The van der Waals surface area contributed by atoms with Crippen molar-refractivity contribution in [2.45, 2.75) is 82.0 Å². The molecule has 0 spiro atoms. The summed E-state index contributed by atoms with van der Waals surface area (Å²) in [6.45, 7) is 6.80. The van der Waals surface area contributed by atoms with Gasteiger partial charge in [-0.2, -0.15) is 4.31 Å². The van der Waals surface area contributed by atoms with E-state index >= 15 is 0 Å². The second-order valence-electron chi connectivity index (χ2n) is 7.36. The predicted molar refractivity (Wildman–Crippen MR) is 106 cm³/mol. The van der Waals surface area contributed by atoms with E-state index < -0.39 is 10.0 Å². The highest BCUT2D eigenvalue weighted by atomic mass is 35.5. The Balaban J connectivity index is 2.15. The summed E-state index contributed by atoms with van der Waals surface area (Å²) in [6, 6.07) is 7.18. The van der Waals surface area contributed by atoms with Crippen LogP contribution in [-0.4, -0.2) is 30.7 Å². The first-order valence-corrected chi connectivity index (χ1v) is 11.5. The predicted octanol–water partition coefficient (Wildman–Crippen LogP) is 5.36. The molecule has 2 rings (SSSR count). The molecular formula is C20H32ClNO2S. The summed E-state index contributed by atoms with van der Waals surface area (Å²) >= 11 is 6.49. The van der Waals surface area contributed by atoms with E-state index in [1.54, 1.807) is 16.4 Å². The van der Waals surface area contributed by atoms with Gasteiger partial charge in [0.15, 0.2) is 0 Å². The van der Waals surface area contributed by atoms with Gasteiger partial charge < -0.3 is 0 Å². The molecule has 0 saturated carbocycles. The van der Waals surface area contributed by atoms with Gasteiger partial charge in [0.2, 0.25) is 10.0 Å². The molecule has 0 N–H and O–H groups in total. The van der Waals surface area contributed by atoms with E-state index in [9.17, 15) is 8.42 Å². The largest absolute Gasteiger partial charge is 0.243 e. The average Bonchev–Trinajstić information content (AvgIpc) is 2.58. The number of sulfonamides is 1. The van der Waals surface area contributed by atoms with Crippen molar-refractivity contribution < 1.29 is 8.42 Å². The van der Waals surface area contributed by atoms with E-state index in [4.69, 9.17) is 11.6 Å². The van der Waals surface area contributed by atoms with Crippen LogP contribution in [0.3, 0.4) is 0 Å². The van der Waals surface area contributed by atoms with Gasteiger partial charge in [-0.15, -0.1) is 11.6 Å². The third-order valence-electron chi connectivity index (χ3n) is 5.40. The first-order chi connectivity index (χ1) is 11.9. The lowest BCUT2D eigenvalue weighted by Crippen LogP contribution is -2.51. The van der Waals surface area contributed by atoms with Gasteiger partial charge in [0.05, 0.1) is 4.90 Å². The normalized spacial score (nSPS) is 25.2. The Labute approximate surface area is 158 Å². The number of benzene rings is 1. The Hall–Kier alpha value is -0.580. The number of unbranched alkanes of at least 4 members (excludes halogenated alkanes) is 4. The quantitative estimate of drug-likeness (QED) is 0.446. The van der Waals surface area contributed by atoms with Gasteiger partial charge in [0.1, 0.15) is 0 Å². The van der Waals surface area contributed by atoms with Crippen LogP contribution in [-0.2, 0) is 10.0 Å². The molecule has 1 heterocycles. The van der Waals surface area contributed by atoms with Gasteiger partial charge in [0, 0.05) is 18.0 Å².